The molecule has 0 spiro atoms. The molecule has 1 aliphatic heterocycles. The number of nitrogen functional groups attached to an aromatic ring is 2. The molecule has 1 saturated heterocycles. The molecule has 0 amide bonds. The second kappa shape index (κ2) is 5.57. The Balaban J connectivity index is 1.93. The monoisotopic (exact) mass is 284 g/mol. The van der Waals surface area contributed by atoms with E-state index in [1.54, 1.807) is 6.20 Å². The van der Waals surface area contributed by atoms with E-state index in [2.05, 4.69) is 21.8 Å². The van der Waals surface area contributed by atoms with Crippen molar-refractivity contribution < 1.29 is 0 Å². The average molecular weight is 284 g/mol. The molecule has 0 radical (unpaired) electrons. The minimum Gasteiger partial charge on any atom is -0.399 e. The maximum atomic E-state index is 6.01. The van der Waals surface area contributed by atoms with Crippen LogP contribution in [0.1, 0.15) is 0 Å². The standard InChI is InChI=1S/C15H20N6/c1-20-5-7-21(8-6-20)15-14(17)18-10-13(19-15)11-3-2-4-12(16)9-11/h2-4,9-10H,5-8,16H2,1H3,(H2,17,18). The topological polar surface area (TPSA) is 84.3 Å². The molecule has 4 N–H and O–H groups in total. The van der Waals surface area contributed by atoms with Crippen molar-refractivity contribution in [3.63, 3.8) is 0 Å². The largest absolute Gasteiger partial charge is 0.399 e. The number of hydrogen-bond donors (Lipinski definition) is 2. The van der Waals surface area contributed by atoms with Gasteiger partial charge < -0.3 is 21.3 Å². The second-order valence-corrected chi connectivity index (χ2v) is 5.38. The second-order valence-electron chi connectivity index (χ2n) is 5.38. The van der Waals surface area contributed by atoms with E-state index in [0.717, 1.165) is 43.3 Å². The zero-order valence-corrected chi connectivity index (χ0v) is 12.2. The highest BCUT2D eigenvalue weighted by Gasteiger charge is 2.19. The number of anilines is 3. The molecular formula is C15H20N6. The average Bonchev–Trinajstić information content (AvgIpc) is 2.49. The SMILES string of the molecule is CN1CCN(c2nc(-c3cccc(N)c3)cnc2N)CC1. The smallest absolute Gasteiger partial charge is 0.172 e. The van der Waals surface area contributed by atoms with Crippen LogP contribution in [-0.2, 0) is 0 Å². The molecule has 0 atom stereocenters. The Kier molecular flexibility index (Phi) is 3.62. The van der Waals surface area contributed by atoms with Crippen LogP contribution in [0.15, 0.2) is 30.5 Å². The highest BCUT2D eigenvalue weighted by molar-refractivity contribution is 5.68. The van der Waals surface area contributed by atoms with Crippen molar-refractivity contribution in [2.75, 3.05) is 49.6 Å². The highest BCUT2D eigenvalue weighted by atomic mass is 15.3. The predicted octanol–water partition coefficient (Wildman–Crippen LogP) is 1.06. The molecule has 21 heavy (non-hydrogen) atoms. The van der Waals surface area contributed by atoms with Crippen molar-refractivity contribution in [3.8, 4) is 11.3 Å². The van der Waals surface area contributed by atoms with Gasteiger partial charge in [-0.2, -0.15) is 0 Å². The van der Waals surface area contributed by atoms with E-state index < -0.39 is 0 Å². The molecule has 2 heterocycles. The van der Waals surface area contributed by atoms with Crippen molar-refractivity contribution in [3.05, 3.63) is 30.5 Å². The van der Waals surface area contributed by atoms with Crippen LogP contribution in [-0.4, -0.2) is 48.1 Å². The molecule has 1 aromatic carbocycles. The van der Waals surface area contributed by atoms with Gasteiger partial charge in [0.05, 0.1) is 11.9 Å². The summed E-state index contributed by atoms with van der Waals surface area (Å²) in [6.45, 7) is 3.83. The van der Waals surface area contributed by atoms with Gasteiger partial charge in [-0.05, 0) is 19.2 Å². The lowest BCUT2D eigenvalue weighted by Crippen LogP contribution is -2.45. The van der Waals surface area contributed by atoms with Gasteiger partial charge in [-0.15, -0.1) is 0 Å². The maximum absolute atomic E-state index is 6.01. The van der Waals surface area contributed by atoms with Gasteiger partial charge in [0.25, 0.3) is 0 Å². The molecule has 0 bridgehead atoms. The third-order valence-electron chi connectivity index (χ3n) is 3.77. The first kappa shape index (κ1) is 13.6. The first-order chi connectivity index (χ1) is 10.1. The minimum absolute atomic E-state index is 0.479. The van der Waals surface area contributed by atoms with Crippen molar-refractivity contribution in [1.82, 2.24) is 14.9 Å². The molecule has 0 unspecified atom stereocenters. The van der Waals surface area contributed by atoms with E-state index in [4.69, 9.17) is 16.5 Å². The number of nitrogens with zero attached hydrogens (tertiary/aromatic N) is 4. The number of rotatable bonds is 2. The number of hydrogen-bond acceptors (Lipinski definition) is 6. The van der Waals surface area contributed by atoms with Gasteiger partial charge >= 0.3 is 0 Å². The fourth-order valence-corrected chi connectivity index (χ4v) is 2.48. The van der Waals surface area contributed by atoms with E-state index in [1.165, 1.54) is 0 Å². The van der Waals surface area contributed by atoms with Crippen LogP contribution in [0.5, 0.6) is 0 Å². The third-order valence-corrected chi connectivity index (χ3v) is 3.77. The van der Waals surface area contributed by atoms with Crippen molar-refractivity contribution >= 4 is 17.3 Å². The molecule has 1 aromatic heterocycles. The summed E-state index contributed by atoms with van der Waals surface area (Å²) in [6.07, 6.45) is 1.70. The molecule has 0 aliphatic carbocycles. The van der Waals surface area contributed by atoms with Crippen LogP contribution in [0.4, 0.5) is 17.3 Å². The number of likely N-dealkylation sites (N-methyl/N-ethyl adjacent to an activating group) is 1. The molecule has 0 saturated carbocycles. The molecule has 2 aromatic rings. The fraction of sp³-hybridized carbons (Fsp3) is 0.333. The molecule has 6 heteroatoms. The predicted molar refractivity (Wildman–Crippen MR) is 86.0 cm³/mol. The summed E-state index contributed by atoms with van der Waals surface area (Å²) in [6, 6.07) is 7.64. The van der Waals surface area contributed by atoms with E-state index >= 15 is 0 Å². The molecule has 1 fully saturated rings. The summed E-state index contributed by atoms with van der Waals surface area (Å²) in [5.74, 6) is 1.25. The Bertz CT molecular complexity index is 634. The lowest BCUT2D eigenvalue weighted by molar-refractivity contribution is 0.312. The van der Waals surface area contributed by atoms with Crippen LogP contribution in [0.25, 0.3) is 11.3 Å². The molecule has 1 aliphatic rings. The molecule has 110 valence electrons. The first-order valence-corrected chi connectivity index (χ1v) is 7.05. The summed E-state index contributed by atoms with van der Waals surface area (Å²) in [5.41, 5.74) is 14.3. The summed E-state index contributed by atoms with van der Waals surface area (Å²) in [7, 11) is 2.12. The van der Waals surface area contributed by atoms with Crippen LogP contribution in [0.2, 0.25) is 0 Å². The molecular weight excluding hydrogens is 264 g/mol. The normalized spacial score (nSPS) is 16.1. The summed E-state index contributed by atoms with van der Waals surface area (Å²) >= 11 is 0. The van der Waals surface area contributed by atoms with Gasteiger partial charge in [-0.25, -0.2) is 9.97 Å². The van der Waals surface area contributed by atoms with Gasteiger partial charge in [0, 0.05) is 37.4 Å². The van der Waals surface area contributed by atoms with Crippen LogP contribution in [0.3, 0.4) is 0 Å². The van der Waals surface area contributed by atoms with Crippen LogP contribution >= 0.6 is 0 Å². The summed E-state index contributed by atoms with van der Waals surface area (Å²) in [4.78, 5) is 13.5. The van der Waals surface area contributed by atoms with Crippen LogP contribution in [0, 0.1) is 0 Å². The minimum atomic E-state index is 0.479. The Hall–Kier alpha value is -2.34. The zero-order valence-electron chi connectivity index (χ0n) is 12.2. The maximum Gasteiger partial charge on any atom is 0.172 e. The lowest BCUT2D eigenvalue weighted by Gasteiger charge is -2.33. The van der Waals surface area contributed by atoms with Crippen LogP contribution < -0.4 is 16.4 Å². The van der Waals surface area contributed by atoms with Gasteiger partial charge in [0.15, 0.2) is 11.6 Å². The third kappa shape index (κ3) is 2.90. The Morgan fingerprint density at radius 2 is 1.86 bits per heavy atom. The number of piperazine rings is 1. The fourth-order valence-electron chi connectivity index (χ4n) is 2.48. The Morgan fingerprint density at radius 3 is 2.57 bits per heavy atom. The molecule has 3 rings (SSSR count). The van der Waals surface area contributed by atoms with Gasteiger partial charge in [0.2, 0.25) is 0 Å². The van der Waals surface area contributed by atoms with Crippen molar-refractivity contribution in [2.24, 2.45) is 0 Å². The van der Waals surface area contributed by atoms with E-state index in [0.29, 0.717) is 11.5 Å². The highest BCUT2D eigenvalue weighted by Crippen LogP contribution is 2.25. The van der Waals surface area contributed by atoms with Gasteiger partial charge in [-0.1, -0.05) is 12.1 Å². The summed E-state index contributed by atoms with van der Waals surface area (Å²) in [5, 5.41) is 0. The molecule has 6 nitrogen and oxygen atoms in total. The van der Waals surface area contributed by atoms with E-state index in [-0.39, 0.29) is 0 Å². The lowest BCUT2D eigenvalue weighted by atomic mass is 10.1. The van der Waals surface area contributed by atoms with Gasteiger partial charge in [-0.3, -0.25) is 0 Å². The van der Waals surface area contributed by atoms with Crippen molar-refractivity contribution in [1.29, 1.82) is 0 Å². The van der Waals surface area contributed by atoms with Gasteiger partial charge in [0.1, 0.15) is 0 Å². The number of aromatic nitrogens is 2. The first-order valence-electron chi connectivity index (χ1n) is 7.05. The number of benzene rings is 1. The quantitative estimate of drug-likeness (QED) is 0.802. The Labute approximate surface area is 124 Å². The van der Waals surface area contributed by atoms with E-state index in [9.17, 15) is 0 Å². The van der Waals surface area contributed by atoms with Crippen molar-refractivity contribution in [2.45, 2.75) is 0 Å². The Morgan fingerprint density at radius 1 is 1.10 bits per heavy atom. The summed E-state index contributed by atoms with van der Waals surface area (Å²) < 4.78 is 0. The zero-order chi connectivity index (χ0) is 14.8. The van der Waals surface area contributed by atoms with E-state index in [1.807, 2.05) is 24.3 Å². The number of nitrogens with two attached hydrogens (primary N) is 2.